The van der Waals surface area contributed by atoms with Gasteiger partial charge in [-0.3, -0.25) is 4.79 Å². The smallest absolute Gasteiger partial charge is 0.221 e. The summed E-state index contributed by atoms with van der Waals surface area (Å²) in [5.74, 6) is 0.0922. The predicted octanol–water partition coefficient (Wildman–Crippen LogP) is 2.18. The SMILES string of the molecule is CN(C)C(CNC(=O)CCNC(C)(C)C)c1ccccc1. The minimum Gasteiger partial charge on any atom is -0.354 e. The van der Waals surface area contributed by atoms with Gasteiger partial charge in [0.15, 0.2) is 0 Å². The second-order valence-electron chi connectivity index (χ2n) is 6.62. The molecule has 1 atom stereocenters. The van der Waals surface area contributed by atoms with Crippen molar-refractivity contribution in [3.63, 3.8) is 0 Å². The molecule has 0 fully saturated rings. The van der Waals surface area contributed by atoms with Gasteiger partial charge >= 0.3 is 0 Å². The molecule has 0 saturated carbocycles. The Morgan fingerprint density at radius 3 is 2.33 bits per heavy atom. The van der Waals surface area contributed by atoms with E-state index in [9.17, 15) is 4.79 Å². The Kier molecular flexibility index (Phi) is 6.85. The minimum absolute atomic E-state index is 0.0521. The zero-order chi connectivity index (χ0) is 15.9. The lowest BCUT2D eigenvalue weighted by molar-refractivity contribution is -0.121. The van der Waals surface area contributed by atoms with Gasteiger partial charge in [0.2, 0.25) is 5.91 Å². The molecule has 0 saturated heterocycles. The molecule has 1 aromatic rings. The number of nitrogens with zero attached hydrogens (tertiary/aromatic N) is 1. The van der Waals surface area contributed by atoms with Crippen molar-refractivity contribution in [1.29, 1.82) is 0 Å². The van der Waals surface area contributed by atoms with Crippen molar-refractivity contribution in [2.24, 2.45) is 0 Å². The Balaban J connectivity index is 2.42. The molecule has 1 unspecified atom stereocenters. The number of benzene rings is 1. The number of carbonyl (C=O) groups excluding carboxylic acids is 1. The molecule has 0 aliphatic rings. The van der Waals surface area contributed by atoms with Gasteiger partial charge in [0, 0.05) is 25.0 Å². The van der Waals surface area contributed by atoms with Crippen molar-refractivity contribution in [3.05, 3.63) is 35.9 Å². The average molecular weight is 291 g/mol. The third kappa shape index (κ3) is 7.25. The molecule has 21 heavy (non-hydrogen) atoms. The number of nitrogens with one attached hydrogen (secondary N) is 2. The topological polar surface area (TPSA) is 44.4 Å². The largest absolute Gasteiger partial charge is 0.354 e. The standard InChI is InChI=1S/C17H29N3O/c1-17(2,3)19-12-11-16(21)18-13-15(20(4)5)14-9-7-6-8-10-14/h6-10,15,19H,11-13H2,1-5H3,(H,18,21). The van der Waals surface area contributed by atoms with Crippen LogP contribution in [0.1, 0.15) is 38.8 Å². The fourth-order valence-electron chi connectivity index (χ4n) is 2.12. The number of carbonyl (C=O) groups is 1. The van der Waals surface area contributed by atoms with Crippen LogP contribution in [-0.4, -0.2) is 43.5 Å². The molecule has 0 spiro atoms. The second kappa shape index (κ2) is 8.15. The fourth-order valence-corrected chi connectivity index (χ4v) is 2.12. The molecule has 4 nitrogen and oxygen atoms in total. The highest BCUT2D eigenvalue weighted by molar-refractivity contribution is 5.76. The number of amides is 1. The highest BCUT2D eigenvalue weighted by Crippen LogP contribution is 2.16. The first kappa shape index (κ1) is 17.7. The van der Waals surface area contributed by atoms with Crippen molar-refractivity contribution in [3.8, 4) is 0 Å². The summed E-state index contributed by atoms with van der Waals surface area (Å²) in [6, 6.07) is 10.5. The highest BCUT2D eigenvalue weighted by atomic mass is 16.1. The summed E-state index contributed by atoms with van der Waals surface area (Å²) >= 11 is 0. The van der Waals surface area contributed by atoms with E-state index >= 15 is 0 Å². The molecule has 0 bridgehead atoms. The molecular weight excluding hydrogens is 262 g/mol. The minimum atomic E-state index is 0.0521. The monoisotopic (exact) mass is 291 g/mol. The number of likely N-dealkylation sites (N-methyl/N-ethyl adjacent to an activating group) is 1. The van der Waals surface area contributed by atoms with Gasteiger partial charge in [-0.1, -0.05) is 30.3 Å². The Morgan fingerprint density at radius 1 is 1.19 bits per heavy atom. The van der Waals surface area contributed by atoms with E-state index in [0.29, 0.717) is 19.5 Å². The molecule has 2 N–H and O–H groups in total. The normalized spacial score (nSPS) is 13.2. The summed E-state index contributed by atoms with van der Waals surface area (Å²) in [6.07, 6.45) is 0.506. The van der Waals surface area contributed by atoms with Gasteiger partial charge in [-0.15, -0.1) is 0 Å². The summed E-state index contributed by atoms with van der Waals surface area (Å²) in [5.41, 5.74) is 1.27. The summed E-state index contributed by atoms with van der Waals surface area (Å²) < 4.78 is 0. The van der Waals surface area contributed by atoms with Crippen molar-refractivity contribution >= 4 is 5.91 Å². The molecule has 1 amide bonds. The quantitative estimate of drug-likeness (QED) is 0.809. The summed E-state index contributed by atoms with van der Waals surface area (Å²) in [5, 5.41) is 6.35. The van der Waals surface area contributed by atoms with Crippen LogP contribution in [0.4, 0.5) is 0 Å². The lowest BCUT2D eigenvalue weighted by Crippen LogP contribution is -2.40. The molecule has 0 aromatic heterocycles. The molecule has 0 aliphatic carbocycles. The third-order valence-corrected chi connectivity index (χ3v) is 3.31. The summed E-state index contributed by atoms with van der Waals surface area (Å²) in [4.78, 5) is 14.0. The van der Waals surface area contributed by atoms with Gasteiger partial charge in [-0.05, 0) is 40.4 Å². The lowest BCUT2D eigenvalue weighted by Gasteiger charge is -2.25. The van der Waals surface area contributed by atoms with Crippen molar-refractivity contribution in [2.75, 3.05) is 27.2 Å². The molecule has 4 heteroatoms. The van der Waals surface area contributed by atoms with Crippen molar-refractivity contribution in [1.82, 2.24) is 15.5 Å². The van der Waals surface area contributed by atoms with E-state index in [2.05, 4.69) is 48.4 Å². The lowest BCUT2D eigenvalue weighted by atomic mass is 10.1. The summed E-state index contributed by atoms with van der Waals surface area (Å²) in [7, 11) is 4.07. The van der Waals surface area contributed by atoms with Crippen molar-refractivity contribution in [2.45, 2.75) is 38.8 Å². The average Bonchev–Trinajstić information content (AvgIpc) is 2.38. The van der Waals surface area contributed by atoms with Crippen LogP contribution < -0.4 is 10.6 Å². The van der Waals surface area contributed by atoms with E-state index in [4.69, 9.17) is 0 Å². The third-order valence-electron chi connectivity index (χ3n) is 3.31. The molecule has 1 aromatic carbocycles. The molecular formula is C17H29N3O. The number of hydrogen-bond acceptors (Lipinski definition) is 3. The number of hydrogen-bond donors (Lipinski definition) is 2. The van der Waals surface area contributed by atoms with Gasteiger partial charge in [-0.25, -0.2) is 0 Å². The van der Waals surface area contributed by atoms with Crippen LogP contribution in [0.2, 0.25) is 0 Å². The van der Waals surface area contributed by atoms with Crippen LogP contribution >= 0.6 is 0 Å². The Hall–Kier alpha value is -1.39. The summed E-state index contributed by atoms with van der Waals surface area (Å²) in [6.45, 7) is 7.63. The van der Waals surface area contributed by atoms with E-state index < -0.39 is 0 Å². The zero-order valence-corrected chi connectivity index (χ0v) is 13.9. The fraction of sp³-hybridized carbons (Fsp3) is 0.588. The maximum atomic E-state index is 11.9. The van der Waals surface area contributed by atoms with E-state index in [1.165, 1.54) is 5.56 Å². The van der Waals surface area contributed by atoms with Crippen molar-refractivity contribution < 1.29 is 4.79 Å². The predicted molar refractivity (Wildman–Crippen MR) is 88.3 cm³/mol. The first-order valence-electron chi connectivity index (χ1n) is 7.53. The van der Waals surface area contributed by atoms with Gasteiger partial charge in [-0.2, -0.15) is 0 Å². The van der Waals surface area contributed by atoms with E-state index in [0.717, 1.165) is 0 Å². The van der Waals surface area contributed by atoms with Crippen LogP contribution in [0, 0.1) is 0 Å². The van der Waals surface area contributed by atoms with Gasteiger partial charge in [0.05, 0.1) is 6.04 Å². The molecule has 1 rings (SSSR count). The molecule has 0 heterocycles. The van der Waals surface area contributed by atoms with E-state index in [1.807, 2.05) is 32.3 Å². The van der Waals surface area contributed by atoms with Gasteiger partial charge < -0.3 is 15.5 Å². The van der Waals surface area contributed by atoms with Crippen LogP contribution in [0.15, 0.2) is 30.3 Å². The Bertz CT molecular complexity index is 423. The maximum absolute atomic E-state index is 11.9. The first-order valence-corrected chi connectivity index (χ1v) is 7.53. The highest BCUT2D eigenvalue weighted by Gasteiger charge is 2.15. The van der Waals surface area contributed by atoms with Gasteiger partial charge in [0.1, 0.15) is 0 Å². The van der Waals surface area contributed by atoms with Crippen LogP contribution in [0.5, 0.6) is 0 Å². The van der Waals surface area contributed by atoms with Crippen LogP contribution in [0.25, 0.3) is 0 Å². The Labute approximate surface area is 128 Å². The van der Waals surface area contributed by atoms with Gasteiger partial charge in [0.25, 0.3) is 0 Å². The molecule has 0 radical (unpaired) electrons. The van der Waals surface area contributed by atoms with Crippen LogP contribution in [0.3, 0.4) is 0 Å². The Morgan fingerprint density at radius 2 is 1.81 bits per heavy atom. The first-order chi connectivity index (χ1) is 9.79. The molecule has 0 aliphatic heterocycles. The maximum Gasteiger partial charge on any atom is 0.221 e. The van der Waals surface area contributed by atoms with E-state index in [1.54, 1.807) is 0 Å². The second-order valence-corrected chi connectivity index (χ2v) is 6.62. The zero-order valence-electron chi connectivity index (χ0n) is 13.9. The van der Waals surface area contributed by atoms with E-state index in [-0.39, 0.29) is 17.5 Å². The number of rotatable bonds is 7. The van der Waals surface area contributed by atoms with Crippen LogP contribution in [-0.2, 0) is 4.79 Å². The molecule has 118 valence electrons.